The van der Waals surface area contributed by atoms with Gasteiger partial charge in [0.05, 0.1) is 19.3 Å². The Morgan fingerprint density at radius 1 is 1.55 bits per heavy atom. The van der Waals surface area contributed by atoms with E-state index in [1.165, 1.54) is 0 Å². The van der Waals surface area contributed by atoms with E-state index in [0.717, 1.165) is 32.7 Å². The summed E-state index contributed by atoms with van der Waals surface area (Å²) in [4.78, 5) is 0. The number of hydrogen-bond donors (Lipinski definition) is 1. The van der Waals surface area contributed by atoms with Crippen LogP contribution in [-0.4, -0.2) is 38.0 Å². The van der Waals surface area contributed by atoms with E-state index in [0.29, 0.717) is 6.10 Å². The third-order valence-corrected chi connectivity index (χ3v) is 2.54. The van der Waals surface area contributed by atoms with E-state index in [9.17, 15) is 0 Å². The summed E-state index contributed by atoms with van der Waals surface area (Å²) in [5, 5.41) is 3.19. The Morgan fingerprint density at radius 2 is 2.27 bits per heavy atom. The fourth-order valence-corrected chi connectivity index (χ4v) is 1.38. The molecule has 2 aliphatic heterocycles. The third-order valence-electron chi connectivity index (χ3n) is 2.54. The monoisotopic (exact) mass is 157 g/mol. The van der Waals surface area contributed by atoms with Gasteiger partial charge in [-0.05, 0) is 6.42 Å². The standard InChI is InChI=1S/C8H15NO2/c1-2-8(5-10-6-8)11-7-3-9-4-7/h7,9H,2-6H2,1H3. The first-order valence-electron chi connectivity index (χ1n) is 4.31. The van der Waals surface area contributed by atoms with Crippen LogP contribution in [0.4, 0.5) is 0 Å². The number of ether oxygens (including phenoxy) is 2. The van der Waals surface area contributed by atoms with Gasteiger partial charge in [0, 0.05) is 13.1 Å². The van der Waals surface area contributed by atoms with Gasteiger partial charge in [-0.1, -0.05) is 6.92 Å². The van der Waals surface area contributed by atoms with Crippen molar-refractivity contribution in [2.24, 2.45) is 0 Å². The van der Waals surface area contributed by atoms with E-state index in [2.05, 4.69) is 12.2 Å². The summed E-state index contributed by atoms with van der Waals surface area (Å²) < 4.78 is 11.0. The molecule has 0 aliphatic carbocycles. The van der Waals surface area contributed by atoms with Gasteiger partial charge < -0.3 is 14.8 Å². The molecule has 3 heteroatoms. The first-order valence-corrected chi connectivity index (χ1v) is 4.31. The molecule has 0 amide bonds. The van der Waals surface area contributed by atoms with Gasteiger partial charge in [-0.15, -0.1) is 0 Å². The van der Waals surface area contributed by atoms with E-state index >= 15 is 0 Å². The lowest BCUT2D eigenvalue weighted by Gasteiger charge is -2.45. The van der Waals surface area contributed by atoms with Gasteiger partial charge in [0.25, 0.3) is 0 Å². The zero-order valence-corrected chi connectivity index (χ0v) is 6.93. The number of hydrogen-bond acceptors (Lipinski definition) is 3. The van der Waals surface area contributed by atoms with Crippen LogP contribution in [0, 0.1) is 0 Å². The Hall–Kier alpha value is -0.120. The minimum absolute atomic E-state index is 0.0762. The molecule has 3 nitrogen and oxygen atoms in total. The van der Waals surface area contributed by atoms with E-state index < -0.39 is 0 Å². The highest BCUT2D eigenvalue weighted by molar-refractivity contribution is 4.90. The summed E-state index contributed by atoms with van der Waals surface area (Å²) in [6.07, 6.45) is 1.52. The molecule has 11 heavy (non-hydrogen) atoms. The first kappa shape index (κ1) is 7.53. The quantitative estimate of drug-likeness (QED) is 0.632. The van der Waals surface area contributed by atoms with Crippen LogP contribution >= 0.6 is 0 Å². The van der Waals surface area contributed by atoms with Crippen molar-refractivity contribution in [1.82, 2.24) is 5.32 Å². The van der Waals surface area contributed by atoms with Crippen LogP contribution in [0.3, 0.4) is 0 Å². The van der Waals surface area contributed by atoms with Crippen molar-refractivity contribution < 1.29 is 9.47 Å². The summed E-state index contributed by atoms with van der Waals surface area (Å²) in [5.74, 6) is 0. The third kappa shape index (κ3) is 1.28. The molecule has 0 aromatic rings. The second-order valence-electron chi connectivity index (χ2n) is 3.43. The van der Waals surface area contributed by atoms with Gasteiger partial charge in [0.1, 0.15) is 5.60 Å². The van der Waals surface area contributed by atoms with Gasteiger partial charge in [0.2, 0.25) is 0 Å². The Kier molecular flexibility index (Phi) is 1.87. The predicted octanol–water partition coefficient (Wildman–Crippen LogP) is 0.154. The van der Waals surface area contributed by atoms with Crippen molar-refractivity contribution in [3.8, 4) is 0 Å². The van der Waals surface area contributed by atoms with Crippen molar-refractivity contribution in [3.63, 3.8) is 0 Å². The minimum atomic E-state index is 0.0762. The highest BCUT2D eigenvalue weighted by Gasteiger charge is 2.41. The van der Waals surface area contributed by atoms with Crippen LogP contribution in [0.25, 0.3) is 0 Å². The molecule has 0 aromatic heterocycles. The zero-order chi connectivity index (χ0) is 7.73. The molecule has 0 spiro atoms. The molecule has 0 saturated carbocycles. The number of rotatable bonds is 3. The Labute approximate surface area is 67.1 Å². The van der Waals surface area contributed by atoms with E-state index in [1.54, 1.807) is 0 Å². The highest BCUT2D eigenvalue weighted by atomic mass is 16.6. The topological polar surface area (TPSA) is 30.5 Å². The summed E-state index contributed by atoms with van der Waals surface area (Å²) in [6, 6.07) is 0. The van der Waals surface area contributed by atoms with Crippen LogP contribution in [0.5, 0.6) is 0 Å². The molecule has 0 atom stereocenters. The van der Waals surface area contributed by atoms with Crippen molar-refractivity contribution >= 4 is 0 Å². The van der Waals surface area contributed by atoms with Crippen molar-refractivity contribution in [2.45, 2.75) is 25.0 Å². The molecule has 2 heterocycles. The summed E-state index contributed by atoms with van der Waals surface area (Å²) in [6.45, 7) is 5.78. The fourth-order valence-electron chi connectivity index (χ4n) is 1.38. The van der Waals surface area contributed by atoms with Crippen LogP contribution in [0.2, 0.25) is 0 Å². The van der Waals surface area contributed by atoms with Gasteiger partial charge >= 0.3 is 0 Å². The van der Waals surface area contributed by atoms with Gasteiger partial charge in [-0.2, -0.15) is 0 Å². The van der Waals surface area contributed by atoms with E-state index in [4.69, 9.17) is 9.47 Å². The molecular weight excluding hydrogens is 142 g/mol. The molecule has 2 aliphatic rings. The average Bonchev–Trinajstić information content (AvgIpc) is 1.83. The van der Waals surface area contributed by atoms with Crippen LogP contribution in [0.1, 0.15) is 13.3 Å². The van der Waals surface area contributed by atoms with E-state index in [1.807, 2.05) is 0 Å². The van der Waals surface area contributed by atoms with Crippen LogP contribution in [-0.2, 0) is 9.47 Å². The SMILES string of the molecule is CCC1(OC2CNC2)COC1. The van der Waals surface area contributed by atoms with Crippen molar-refractivity contribution in [1.29, 1.82) is 0 Å². The molecule has 64 valence electrons. The lowest BCUT2D eigenvalue weighted by molar-refractivity contribution is -0.237. The Bertz CT molecular complexity index is 136. The van der Waals surface area contributed by atoms with E-state index in [-0.39, 0.29) is 5.60 Å². The maximum absolute atomic E-state index is 5.87. The summed E-state index contributed by atoms with van der Waals surface area (Å²) >= 11 is 0. The van der Waals surface area contributed by atoms with Gasteiger partial charge in [-0.25, -0.2) is 0 Å². The van der Waals surface area contributed by atoms with Crippen LogP contribution < -0.4 is 5.32 Å². The Balaban J connectivity index is 1.81. The number of nitrogens with one attached hydrogen (secondary N) is 1. The fraction of sp³-hybridized carbons (Fsp3) is 1.00. The first-order chi connectivity index (χ1) is 5.35. The molecular formula is C8H15NO2. The van der Waals surface area contributed by atoms with Crippen molar-refractivity contribution in [3.05, 3.63) is 0 Å². The zero-order valence-electron chi connectivity index (χ0n) is 6.93. The lowest BCUT2D eigenvalue weighted by atomic mass is 9.98. The second kappa shape index (κ2) is 2.73. The molecule has 0 bridgehead atoms. The lowest BCUT2D eigenvalue weighted by Crippen LogP contribution is -2.59. The van der Waals surface area contributed by atoms with Gasteiger partial charge in [0.15, 0.2) is 0 Å². The normalized spacial score (nSPS) is 29.2. The summed E-state index contributed by atoms with van der Waals surface area (Å²) in [7, 11) is 0. The molecule has 1 N–H and O–H groups in total. The molecule has 0 unspecified atom stereocenters. The van der Waals surface area contributed by atoms with Gasteiger partial charge in [-0.3, -0.25) is 0 Å². The molecule has 2 saturated heterocycles. The largest absolute Gasteiger partial charge is 0.375 e. The van der Waals surface area contributed by atoms with Crippen LogP contribution in [0.15, 0.2) is 0 Å². The highest BCUT2D eigenvalue weighted by Crippen LogP contribution is 2.27. The molecule has 0 radical (unpaired) electrons. The minimum Gasteiger partial charge on any atom is -0.375 e. The maximum atomic E-state index is 5.87. The molecule has 0 aromatic carbocycles. The average molecular weight is 157 g/mol. The second-order valence-corrected chi connectivity index (χ2v) is 3.43. The summed E-state index contributed by atoms with van der Waals surface area (Å²) in [5.41, 5.74) is 0.0762. The predicted molar refractivity (Wildman–Crippen MR) is 41.6 cm³/mol. The molecule has 2 fully saturated rings. The molecule has 2 rings (SSSR count). The smallest absolute Gasteiger partial charge is 0.115 e. The Morgan fingerprint density at radius 3 is 2.55 bits per heavy atom. The van der Waals surface area contributed by atoms with Crippen molar-refractivity contribution in [2.75, 3.05) is 26.3 Å². The maximum Gasteiger partial charge on any atom is 0.115 e.